The third-order valence-corrected chi connectivity index (χ3v) is 0. The molecular formula is C2H4ErOS. The molecule has 0 rings (SSSR count). The van der Waals surface area contributed by atoms with Gasteiger partial charge in [-0.05, 0) is 0 Å². The van der Waals surface area contributed by atoms with E-state index >= 15 is 0 Å². The summed E-state index contributed by atoms with van der Waals surface area (Å²) in [7, 11) is 0. The van der Waals surface area contributed by atoms with Gasteiger partial charge in [-0.1, -0.05) is 0 Å². The summed E-state index contributed by atoms with van der Waals surface area (Å²) < 4.78 is 0. The van der Waals surface area contributed by atoms with E-state index in [4.69, 9.17) is 0 Å². The van der Waals surface area contributed by atoms with Gasteiger partial charge in [0.25, 0.3) is 0 Å². The molecule has 0 atom stereocenters. The maximum Gasteiger partial charge on any atom is 0.182 e. The Balaban J connectivity index is 0. The van der Waals surface area contributed by atoms with E-state index in [0.29, 0.717) is 0 Å². The summed E-state index contributed by atoms with van der Waals surface area (Å²) >= 11 is 3.33. The second kappa shape index (κ2) is 5.27. The van der Waals surface area contributed by atoms with E-state index in [1.54, 1.807) is 0 Å². The van der Waals surface area contributed by atoms with Gasteiger partial charge in [0, 0.05) is 44.2 Å². The van der Waals surface area contributed by atoms with Gasteiger partial charge in [0.05, 0.1) is 0 Å². The fraction of sp³-hybridized carbons (Fsp3) is 0.500. The summed E-state index contributed by atoms with van der Waals surface area (Å²) in [4.78, 5) is 9.31. The molecule has 0 bridgehead atoms. The van der Waals surface area contributed by atoms with Crippen LogP contribution in [0.5, 0.6) is 0 Å². The van der Waals surface area contributed by atoms with Gasteiger partial charge in [-0.3, -0.25) is 4.79 Å². The quantitative estimate of drug-likeness (QED) is 0.612. The van der Waals surface area contributed by atoms with Crippen molar-refractivity contribution < 1.29 is 42.1 Å². The van der Waals surface area contributed by atoms with Crippen LogP contribution in [0.1, 0.15) is 6.92 Å². The molecule has 0 saturated heterocycles. The van der Waals surface area contributed by atoms with Crippen LogP contribution >= 0.6 is 12.6 Å². The predicted octanol–water partition coefficient (Wildman–Crippen LogP) is 0.463. The molecule has 0 heterocycles. The molecule has 3 heteroatoms. The summed E-state index contributed by atoms with van der Waals surface area (Å²) in [5.41, 5.74) is 0. The molecule has 0 aromatic carbocycles. The molecule has 0 aromatic heterocycles. The van der Waals surface area contributed by atoms with Crippen molar-refractivity contribution in [3.05, 3.63) is 0 Å². The standard InChI is InChI=1S/C2H4OS.Er/c1-2(3)4;/h1H3,(H,3,4);. The van der Waals surface area contributed by atoms with Gasteiger partial charge >= 0.3 is 0 Å². The summed E-state index contributed by atoms with van der Waals surface area (Å²) in [5, 5.41) is -0.139. The number of rotatable bonds is 0. The van der Waals surface area contributed by atoms with Crippen LogP contribution in [0.3, 0.4) is 0 Å². The Morgan fingerprint density at radius 2 is 1.80 bits per heavy atom. The molecule has 0 amide bonds. The zero-order chi connectivity index (χ0) is 3.58. The van der Waals surface area contributed by atoms with Crippen molar-refractivity contribution in [1.82, 2.24) is 0 Å². The van der Waals surface area contributed by atoms with E-state index in [1.165, 1.54) is 6.92 Å². The van der Waals surface area contributed by atoms with Gasteiger partial charge in [-0.25, -0.2) is 0 Å². The van der Waals surface area contributed by atoms with Crippen molar-refractivity contribution in [2.45, 2.75) is 6.92 Å². The van der Waals surface area contributed by atoms with Gasteiger partial charge in [-0.2, -0.15) is 0 Å². The first kappa shape index (κ1) is 9.55. The van der Waals surface area contributed by atoms with Crippen LogP contribution in [0.25, 0.3) is 0 Å². The fourth-order valence-corrected chi connectivity index (χ4v) is 0. The number of thiol groups is 1. The first-order valence-electron chi connectivity index (χ1n) is 0.928. The minimum atomic E-state index is -0.139. The Hall–Kier alpha value is 1.27. The average Bonchev–Trinajstić information content (AvgIpc) is 0.811. The van der Waals surface area contributed by atoms with Crippen molar-refractivity contribution in [3.8, 4) is 0 Å². The minimum Gasteiger partial charge on any atom is -0.288 e. The molecule has 5 heavy (non-hydrogen) atoms. The van der Waals surface area contributed by atoms with E-state index < -0.39 is 0 Å². The summed E-state index contributed by atoms with van der Waals surface area (Å²) in [6, 6.07) is 0. The Morgan fingerprint density at radius 3 is 1.80 bits per heavy atom. The molecule has 0 aliphatic rings. The molecule has 0 fully saturated rings. The van der Waals surface area contributed by atoms with Crippen LogP contribution < -0.4 is 0 Å². The van der Waals surface area contributed by atoms with Crippen molar-refractivity contribution in [1.29, 1.82) is 0 Å². The summed E-state index contributed by atoms with van der Waals surface area (Å²) in [5.74, 6) is 0. The molecule has 0 saturated carbocycles. The van der Waals surface area contributed by atoms with Crippen LogP contribution in [0.4, 0.5) is 0 Å². The van der Waals surface area contributed by atoms with E-state index in [-0.39, 0.29) is 42.4 Å². The third-order valence-electron chi connectivity index (χ3n) is 0. The van der Waals surface area contributed by atoms with Crippen LogP contribution in [0.2, 0.25) is 0 Å². The molecular weight excluding hydrogens is 239 g/mol. The van der Waals surface area contributed by atoms with Crippen LogP contribution in [0.15, 0.2) is 0 Å². The zero-order valence-electron chi connectivity index (χ0n) is 2.64. The van der Waals surface area contributed by atoms with Gasteiger partial charge in [0.2, 0.25) is 0 Å². The number of hydrogen-bond acceptors (Lipinski definition) is 1. The maximum atomic E-state index is 9.31. The molecule has 0 radical (unpaired) electrons. The Kier molecular flexibility index (Phi) is 10.1. The minimum absolute atomic E-state index is 0. The van der Waals surface area contributed by atoms with Crippen molar-refractivity contribution >= 4 is 17.7 Å². The first-order valence-corrected chi connectivity index (χ1v) is 1.37. The average molecular weight is 243 g/mol. The van der Waals surface area contributed by atoms with Crippen LogP contribution in [-0.2, 0) is 4.79 Å². The van der Waals surface area contributed by atoms with E-state index in [9.17, 15) is 4.79 Å². The monoisotopic (exact) mass is 242 g/mol. The predicted molar refractivity (Wildman–Crippen MR) is 19.7 cm³/mol. The zero-order valence-corrected chi connectivity index (χ0v) is 5.39. The molecule has 0 aromatic rings. The number of hydrogen-bond donors (Lipinski definition) is 1. The van der Waals surface area contributed by atoms with E-state index in [2.05, 4.69) is 12.6 Å². The maximum absolute atomic E-state index is 9.31. The van der Waals surface area contributed by atoms with Crippen LogP contribution in [0, 0.1) is 37.3 Å². The van der Waals surface area contributed by atoms with E-state index in [1.807, 2.05) is 0 Å². The molecule has 0 aliphatic carbocycles. The van der Waals surface area contributed by atoms with Crippen molar-refractivity contribution in [2.24, 2.45) is 0 Å². The van der Waals surface area contributed by atoms with Gasteiger partial charge in [0.1, 0.15) is 0 Å². The first-order chi connectivity index (χ1) is 1.73. The summed E-state index contributed by atoms with van der Waals surface area (Å²) in [6.07, 6.45) is 0. The van der Waals surface area contributed by atoms with Gasteiger partial charge in [0.15, 0.2) is 5.12 Å². The normalized spacial score (nSPS) is 5.20. The molecule has 0 aliphatic heterocycles. The molecule has 1 nitrogen and oxygen atoms in total. The molecule has 0 N–H and O–H groups in total. The fourth-order valence-electron chi connectivity index (χ4n) is 0. The topological polar surface area (TPSA) is 17.1 Å². The Bertz CT molecular complexity index is 32.6. The Morgan fingerprint density at radius 1 is 1.80 bits per heavy atom. The van der Waals surface area contributed by atoms with E-state index in [0.717, 1.165) is 0 Å². The Labute approximate surface area is 66.1 Å². The third kappa shape index (κ3) is 35.0. The molecule has 36 valence electrons. The summed E-state index contributed by atoms with van der Waals surface area (Å²) in [6.45, 7) is 1.39. The second-order valence-electron chi connectivity index (χ2n) is 0.519. The smallest absolute Gasteiger partial charge is 0.182 e. The van der Waals surface area contributed by atoms with Crippen molar-refractivity contribution in [2.75, 3.05) is 0 Å². The van der Waals surface area contributed by atoms with Crippen LogP contribution in [-0.4, -0.2) is 5.12 Å². The van der Waals surface area contributed by atoms with Gasteiger partial charge in [-0.15, -0.1) is 12.6 Å². The second-order valence-corrected chi connectivity index (χ2v) is 1.15. The van der Waals surface area contributed by atoms with Crippen molar-refractivity contribution in [3.63, 3.8) is 0 Å². The molecule has 0 spiro atoms. The SMILES string of the molecule is CC(=O)S.[Er]. The van der Waals surface area contributed by atoms with Gasteiger partial charge < -0.3 is 0 Å². The number of carbonyl (C=O) groups excluding carboxylic acids is 1. The largest absolute Gasteiger partial charge is 0.288 e. The molecule has 0 unspecified atom stereocenters. The number of carbonyl (C=O) groups is 1.